The Balaban J connectivity index is 2.20. The van der Waals surface area contributed by atoms with E-state index in [9.17, 15) is 18.0 Å². The summed E-state index contributed by atoms with van der Waals surface area (Å²) in [6.45, 7) is 2.34. The maximum atomic E-state index is 13.3. The molecule has 0 spiro atoms. The fraction of sp³-hybridized carbons (Fsp3) is 0.467. The highest BCUT2D eigenvalue weighted by Crippen LogP contribution is 2.34. The molecule has 1 N–H and O–H groups in total. The molecule has 8 heteroatoms. The van der Waals surface area contributed by atoms with Crippen molar-refractivity contribution in [1.82, 2.24) is 4.90 Å². The molecule has 0 radical (unpaired) electrons. The van der Waals surface area contributed by atoms with Gasteiger partial charge in [-0.1, -0.05) is 6.07 Å². The van der Waals surface area contributed by atoms with Crippen LogP contribution in [0.1, 0.15) is 17.5 Å². The predicted octanol–water partition coefficient (Wildman–Crippen LogP) is 2.39. The highest BCUT2D eigenvalue weighted by atomic mass is 19.4. The van der Waals surface area contributed by atoms with Crippen LogP contribution in [0, 0.1) is 11.3 Å². The van der Waals surface area contributed by atoms with E-state index in [1.54, 1.807) is 6.07 Å². The van der Waals surface area contributed by atoms with Gasteiger partial charge in [0.15, 0.2) is 0 Å². The van der Waals surface area contributed by atoms with Gasteiger partial charge in [-0.25, -0.2) is 0 Å². The second-order valence-corrected chi connectivity index (χ2v) is 5.14. The van der Waals surface area contributed by atoms with Gasteiger partial charge in [0.1, 0.15) is 6.42 Å². The number of nitrogens with one attached hydrogen (secondary N) is 1. The highest BCUT2D eigenvalue weighted by Gasteiger charge is 2.34. The molecule has 1 aliphatic rings. The van der Waals surface area contributed by atoms with E-state index in [1.807, 2.05) is 4.90 Å². The molecule has 2 rings (SSSR count). The van der Waals surface area contributed by atoms with Crippen molar-refractivity contribution in [2.45, 2.75) is 19.1 Å². The Kier molecular flexibility index (Phi) is 5.58. The number of hydrogen-bond donors (Lipinski definition) is 1. The second-order valence-electron chi connectivity index (χ2n) is 5.14. The summed E-state index contributed by atoms with van der Waals surface area (Å²) in [6, 6.07) is 5.33. The van der Waals surface area contributed by atoms with Gasteiger partial charge in [0.2, 0.25) is 5.91 Å². The van der Waals surface area contributed by atoms with Crippen molar-refractivity contribution in [1.29, 1.82) is 5.26 Å². The number of halogens is 3. The van der Waals surface area contributed by atoms with E-state index in [2.05, 4.69) is 5.32 Å². The van der Waals surface area contributed by atoms with Gasteiger partial charge in [0.05, 0.1) is 24.8 Å². The minimum atomic E-state index is -4.52. The molecule has 5 nitrogen and oxygen atoms in total. The molecule has 0 atom stereocenters. The monoisotopic (exact) mass is 327 g/mol. The van der Waals surface area contributed by atoms with Crippen molar-refractivity contribution < 1.29 is 22.7 Å². The topological polar surface area (TPSA) is 65.4 Å². The van der Waals surface area contributed by atoms with Crippen LogP contribution in [0.25, 0.3) is 0 Å². The molecule has 0 unspecified atom stereocenters. The first-order valence-corrected chi connectivity index (χ1v) is 7.07. The quantitative estimate of drug-likeness (QED) is 0.922. The van der Waals surface area contributed by atoms with E-state index >= 15 is 0 Å². The highest BCUT2D eigenvalue weighted by molar-refractivity contribution is 5.92. The number of morpholine rings is 1. The van der Waals surface area contributed by atoms with Crippen LogP contribution >= 0.6 is 0 Å². The number of ether oxygens (including phenoxy) is 1. The molecule has 124 valence electrons. The van der Waals surface area contributed by atoms with E-state index in [-0.39, 0.29) is 17.8 Å². The first-order chi connectivity index (χ1) is 10.9. The first-order valence-electron chi connectivity index (χ1n) is 7.07. The standard InChI is InChI=1S/C15H16F3N3O2/c16-15(17,18)13-9-12(20-14(22)3-4-19)2-1-11(13)10-21-5-7-23-8-6-21/h1-2,9H,3,5-8,10H2,(H,20,22). The van der Waals surface area contributed by atoms with Crippen LogP contribution < -0.4 is 5.32 Å². The van der Waals surface area contributed by atoms with Gasteiger partial charge in [-0.2, -0.15) is 18.4 Å². The molecule has 1 aromatic carbocycles. The van der Waals surface area contributed by atoms with Gasteiger partial charge in [-0.05, 0) is 17.7 Å². The van der Waals surface area contributed by atoms with Crippen molar-refractivity contribution in [3.05, 3.63) is 29.3 Å². The summed E-state index contributed by atoms with van der Waals surface area (Å²) in [5, 5.41) is 10.7. The predicted molar refractivity (Wildman–Crippen MR) is 76.4 cm³/mol. The van der Waals surface area contributed by atoms with Gasteiger partial charge in [0.25, 0.3) is 0 Å². The van der Waals surface area contributed by atoms with E-state index in [0.717, 1.165) is 6.07 Å². The lowest BCUT2D eigenvalue weighted by Crippen LogP contribution is -2.36. The van der Waals surface area contributed by atoms with Gasteiger partial charge < -0.3 is 10.1 Å². The van der Waals surface area contributed by atoms with Gasteiger partial charge in [-0.15, -0.1) is 0 Å². The summed E-state index contributed by atoms with van der Waals surface area (Å²) in [6.07, 6.45) is -4.92. The van der Waals surface area contributed by atoms with Crippen molar-refractivity contribution in [3.63, 3.8) is 0 Å². The van der Waals surface area contributed by atoms with Crippen LogP contribution in [-0.2, 0) is 22.3 Å². The number of nitriles is 1. The molecule has 1 heterocycles. The molecule has 0 aromatic heterocycles. The minimum absolute atomic E-state index is 0.0308. The van der Waals surface area contributed by atoms with Gasteiger partial charge in [0, 0.05) is 25.3 Å². The molecule has 1 fully saturated rings. The lowest BCUT2D eigenvalue weighted by atomic mass is 10.0. The molecule has 1 aliphatic heterocycles. The molecule has 0 bridgehead atoms. The molecular formula is C15H16F3N3O2. The van der Waals surface area contributed by atoms with E-state index in [0.29, 0.717) is 26.3 Å². The number of hydrogen-bond acceptors (Lipinski definition) is 4. The molecule has 1 amide bonds. The lowest BCUT2D eigenvalue weighted by molar-refractivity contribution is -0.138. The fourth-order valence-electron chi connectivity index (χ4n) is 2.33. The zero-order valence-corrected chi connectivity index (χ0v) is 12.3. The number of carbonyl (C=O) groups is 1. The summed E-state index contributed by atoms with van der Waals surface area (Å²) in [4.78, 5) is 13.2. The number of nitrogens with zero attached hydrogens (tertiary/aromatic N) is 2. The average molecular weight is 327 g/mol. The molecule has 0 saturated carbocycles. The maximum Gasteiger partial charge on any atom is 0.416 e. The largest absolute Gasteiger partial charge is 0.416 e. The molecule has 1 saturated heterocycles. The van der Waals surface area contributed by atoms with Crippen LogP contribution in [0.5, 0.6) is 0 Å². The maximum absolute atomic E-state index is 13.3. The Morgan fingerprint density at radius 1 is 1.35 bits per heavy atom. The Labute approximate surface area is 131 Å². The van der Waals surface area contributed by atoms with E-state index in [4.69, 9.17) is 10.00 Å². The van der Waals surface area contributed by atoms with E-state index < -0.39 is 24.1 Å². The third kappa shape index (κ3) is 4.94. The summed E-state index contributed by atoms with van der Waals surface area (Å²) >= 11 is 0. The summed E-state index contributed by atoms with van der Waals surface area (Å²) in [5.74, 6) is -0.637. The summed E-state index contributed by atoms with van der Waals surface area (Å²) in [7, 11) is 0. The lowest BCUT2D eigenvalue weighted by Gasteiger charge is -2.27. The Hall–Kier alpha value is -2.11. The fourth-order valence-corrected chi connectivity index (χ4v) is 2.33. The smallest absolute Gasteiger partial charge is 0.379 e. The second kappa shape index (κ2) is 7.44. The third-order valence-electron chi connectivity index (χ3n) is 3.44. The number of carbonyl (C=O) groups excluding carboxylic acids is 1. The Bertz CT molecular complexity index is 605. The normalized spacial score (nSPS) is 15.9. The Morgan fingerprint density at radius 3 is 2.65 bits per heavy atom. The number of rotatable bonds is 4. The number of alkyl halides is 3. The average Bonchev–Trinajstić information content (AvgIpc) is 2.49. The van der Waals surface area contributed by atoms with Crippen LogP contribution in [0.15, 0.2) is 18.2 Å². The minimum Gasteiger partial charge on any atom is -0.379 e. The van der Waals surface area contributed by atoms with Crippen molar-refractivity contribution >= 4 is 11.6 Å². The zero-order chi connectivity index (χ0) is 16.9. The third-order valence-corrected chi connectivity index (χ3v) is 3.44. The molecule has 1 aromatic rings. The first kappa shape index (κ1) is 17.2. The molecule has 0 aliphatic carbocycles. The number of anilines is 1. The van der Waals surface area contributed by atoms with E-state index in [1.165, 1.54) is 12.1 Å². The van der Waals surface area contributed by atoms with Crippen LogP contribution in [0.2, 0.25) is 0 Å². The number of amides is 1. The summed E-state index contributed by atoms with van der Waals surface area (Å²) < 4.78 is 45.0. The molecular weight excluding hydrogens is 311 g/mol. The van der Waals surface area contributed by atoms with Gasteiger partial charge in [-0.3, -0.25) is 9.69 Å². The van der Waals surface area contributed by atoms with Crippen LogP contribution in [0.4, 0.5) is 18.9 Å². The SMILES string of the molecule is N#CCC(=O)Nc1ccc(CN2CCOCC2)c(C(F)(F)F)c1. The van der Waals surface area contributed by atoms with Crippen molar-refractivity contribution in [2.24, 2.45) is 0 Å². The zero-order valence-electron chi connectivity index (χ0n) is 12.3. The van der Waals surface area contributed by atoms with Crippen LogP contribution in [-0.4, -0.2) is 37.1 Å². The number of benzene rings is 1. The molecule has 23 heavy (non-hydrogen) atoms. The van der Waals surface area contributed by atoms with Crippen molar-refractivity contribution in [2.75, 3.05) is 31.6 Å². The van der Waals surface area contributed by atoms with Gasteiger partial charge >= 0.3 is 6.18 Å². The Morgan fingerprint density at radius 2 is 2.04 bits per heavy atom. The van der Waals surface area contributed by atoms with Crippen molar-refractivity contribution in [3.8, 4) is 6.07 Å². The summed E-state index contributed by atoms with van der Waals surface area (Å²) in [5.41, 5.74) is -0.597. The van der Waals surface area contributed by atoms with Crippen LogP contribution in [0.3, 0.4) is 0 Å².